The lowest BCUT2D eigenvalue weighted by atomic mass is 10.2. The van der Waals surface area contributed by atoms with Crippen LogP contribution in [-0.4, -0.2) is 21.7 Å². The van der Waals surface area contributed by atoms with E-state index in [-0.39, 0.29) is 10.8 Å². The average Bonchev–Trinajstić information content (AvgIpc) is 2.83. The fourth-order valence-corrected chi connectivity index (χ4v) is 1.55. The molecular formula is C10H8ClF3N4O. The molecule has 0 aliphatic heterocycles. The quantitative estimate of drug-likeness (QED) is 0.939. The van der Waals surface area contributed by atoms with Gasteiger partial charge in [-0.25, -0.2) is 4.98 Å². The average molecular weight is 293 g/mol. The van der Waals surface area contributed by atoms with Gasteiger partial charge in [-0.3, -0.25) is 0 Å². The second-order valence-electron chi connectivity index (χ2n) is 3.56. The van der Waals surface area contributed by atoms with Gasteiger partial charge in [0.1, 0.15) is 5.82 Å². The minimum atomic E-state index is -4.46. The van der Waals surface area contributed by atoms with Crippen molar-refractivity contribution in [3.63, 3.8) is 0 Å². The Morgan fingerprint density at radius 3 is 2.68 bits per heavy atom. The summed E-state index contributed by atoms with van der Waals surface area (Å²) in [5.74, 6) is 0.588. The van der Waals surface area contributed by atoms with Crippen LogP contribution in [0.4, 0.5) is 19.0 Å². The third-order valence-corrected chi connectivity index (χ3v) is 2.49. The number of anilines is 1. The van der Waals surface area contributed by atoms with Crippen molar-refractivity contribution in [2.75, 3.05) is 11.9 Å². The monoisotopic (exact) mass is 292 g/mol. The minimum Gasteiger partial charge on any atom is -0.368 e. The van der Waals surface area contributed by atoms with E-state index in [0.717, 1.165) is 12.3 Å². The maximum absolute atomic E-state index is 12.4. The van der Waals surface area contributed by atoms with Gasteiger partial charge < -0.3 is 9.84 Å². The molecule has 0 saturated heterocycles. The Kier molecular flexibility index (Phi) is 3.89. The van der Waals surface area contributed by atoms with Crippen LogP contribution in [0.1, 0.15) is 11.5 Å². The van der Waals surface area contributed by atoms with Crippen LogP contribution in [0.5, 0.6) is 0 Å². The summed E-state index contributed by atoms with van der Waals surface area (Å²) in [4.78, 5) is 7.43. The highest BCUT2D eigenvalue weighted by Crippen LogP contribution is 2.32. The van der Waals surface area contributed by atoms with Crippen molar-refractivity contribution < 1.29 is 17.7 Å². The summed E-state index contributed by atoms with van der Waals surface area (Å²) in [5, 5.41) is 6.12. The summed E-state index contributed by atoms with van der Waals surface area (Å²) in [6.07, 6.45) is -2.06. The van der Waals surface area contributed by atoms with Crippen molar-refractivity contribution in [1.82, 2.24) is 15.1 Å². The van der Waals surface area contributed by atoms with Gasteiger partial charge >= 0.3 is 6.18 Å². The van der Waals surface area contributed by atoms with E-state index in [1.807, 2.05) is 0 Å². The molecule has 0 saturated carbocycles. The minimum absolute atomic E-state index is 0.0969. The van der Waals surface area contributed by atoms with Gasteiger partial charge in [0, 0.05) is 19.2 Å². The molecule has 1 N–H and O–H groups in total. The number of aromatic nitrogens is 3. The lowest BCUT2D eigenvalue weighted by molar-refractivity contribution is -0.137. The number of nitrogens with zero attached hydrogens (tertiary/aromatic N) is 3. The zero-order valence-corrected chi connectivity index (χ0v) is 10.2. The normalized spacial score (nSPS) is 11.6. The summed E-state index contributed by atoms with van der Waals surface area (Å²) in [6, 6.07) is 0.823. The number of hydrogen-bond acceptors (Lipinski definition) is 5. The summed E-state index contributed by atoms with van der Waals surface area (Å²) >= 11 is 5.72. The van der Waals surface area contributed by atoms with E-state index in [1.165, 1.54) is 6.33 Å². The van der Waals surface area contributed by atoms with Gasteiger partial charge in [-0.05, 0) is 6.07 Å². The van der Waals surface area contributed by atoms with Crippen LogP contribution in [0.25, 0.3) is 0 Å². The molecule has 0 unspecified atom stereocenters. The van der Waals surface area contributed by atoms with E-state index >= 15 is 0 Å². The molecule has 19 heavy (non-hydrogen) atoms. The van der Waals surface area contributed by atoms with Crippen molar-refractivity contribution in [3.8, 4) is 0 Å². The number of alkyl halides is 3. The fraction of sp³-hybridized carbons (Fsp3) is 0.300. The summed E-state index contributed by atoms with van der Waals surface area (Å²) < 4.78 is 41.9. The van der Waals surface area contributed by atoms with Gasteiger partial charge in [0.15, 0.2) is 6.33 Å². The summed E-state index contributed by atoms with van der Waals surface area (Å²) in [5.41, 5.74) is -0.889. The molecule has 2 rings (SSSR count). The molecule has 0 fully saturated rings. The number of hydrogen-bond donors (Lipinski definition) is 1. The zero-order valence-electron chi connectivity index (χ0n) is 9.41. The molecule has 2 aromatic heterocycles. The Morgan fingerprint density at radius 2 is 2.11 bits per heavy atom. The predicted octanol–water partition coefficient (Wildman–Crippen LogP) is 2.79. The highest BCUT2D eigenvalue weighted by atomic mass is 35.5. The predicted molar refractivity (Wildman–Crippen MR) is 60.7 cm³/mol. The Morgan fingerprint density at radius 1 is 1.32 bits per heavy atom. The lowest BCUT2D eigenvalue weighted by Gasteiger charge is -2.10. The Bertz CT molecular complexity index is 544. The highest BCUT2D eigenvalue weighted by Gasteiger charge is 2.31. The van der Waals surface area contributed by atoms with Gasteiger partial charge in [-0.1, -0.05) is 16.8 Å². The third-order valence-electron chi connectivity index (χ3n) is 2.21. The molecule has 0 aliphatic carbocycles. The third kappa shape index (κ3) is 3.57. The van der Waals surface area contributed by atoms with Crippen LogP contribution >= 0.6 is 11.6 Å². The number of pyridine rings is 1. The van der Waals surface area contributed by atoms with Gasteiger partial charge in [-0.15, -0.1) is 0 Å². The molecule has 0 atom stereocenters. The fourth-order valence-electron chi connectivity index (χ4n) is 1.32. The van der Waals surface area contributed by atoms with E-state index in [2.05, 4.69) is 20.4 Å². The van der Waals surface area contributed by atoms with Crippen molar-refractivity contribution in [1.29, 1.82) is 0 Å². The first kappa shape index (κ1) is 13.6. The molecule has 0 bridgehead atoms. The second kappa shape index (κ2) is 5.43. The van der Waals surface area contributed by atoms with Crippen LogP contribution < -0.4 is 5.32 Å². The topological polar surface area (TPSA) is 63.8 Å². The Hall–Kier alpha value is -1.83. The SMILES string of the molecule is FC(F)(F)c1cnc(NCCc2ncno2)c(Cl)c1. The molecule has 0 amide bonds. The maximum atomic E-state index is 12.4. The van der Waals surface area contributed by atoms with Gasteiger partial charge in [0.05, 0.1) is 10.6 Å². The van der Waals surface area contributed by atoms with Crippen LogP contribution in [0.3, 0.4) is 0 Å². The Balaban J connectivity index is 1.97. The lowest BCUT2D eigenvalue weighted by Crippen LogP contribution is -2.10. The molecule has 0 aliphatic rings. The van der Waals surface area contributed by atoms with Crippen molar-refractivity contribution in [2.45, 2.75) is 12.6 Å². The van der Waals surface area contributed by atoms with Crippen LogP contribution in [0.2, 0.25) is 5.02 Å². The Labute approximate surface area is 110 Å². The molecule has 0 aromatic carbocycles. The van der Waals surface area contributed by atoms with Gasteiger partial charge in [0.2, 0.25) is 5.89 Å². The van der Waals surface area contributed by atoms with Crippen LogP contribution in [0, 0.1) is 0 Å². The van der Waals surface area contributed by atoms with Crippen molar-refractivity contribution >= 4 is 17.4 Å². The van der Waals surface area contributed by atoms with Crippen LogP contribution in [-0.2, 0) is 12.6 Å². The van der Waals surface area contributed by atoms with Crippen molar-refractivity contribution in [3.05, 3.63) is 35.1 Å². The summed E-state index contributed by atoms with van der Waals surface area (Å²) in [7, 11) is 0. The van der Waals surface area contributed by atoms with E-state index in [4.69, 9.17) is 16.1 Å². The van der Waals surface area contributed by atoms with Crippen molar-refractivity contribution in [2.24, 2.45) is 0 Å². The van der Waals surface area contributed by atoms with Gasteiger partial charge in [-0.2, -0.15) is 18.2 Å². The first-order valence-corrected chi connectivity index (χ1v) is 5.57. The summed E-state index contributed by atoms with van der Waals surface area (Å²) in [6.45, 7) is 0.361. The molecule has 0 radical (unpaired) electrons. The molecule has 2 heterocycles. The standard InChI is InChI=1S/C10H8ClF3N4O/c11-7-3-6(10(12,13)14)4-16-9(7)15-2-1-8-17-5-18-19-8/h3-5H,1-2H2,(H,15,16). The number of halogens is 4. The maximum Gasteiger partial charge on any atom is 0.417 e. The zero-order chi connectivity index (χ0) is 13.9. The van der Waals surface area contributed by atoms with E-state index in [1.54, 1.807) is 0 Å². The smallest absolute Gasteiger partial charge is 0.368 e. The van der Waals surface area contributed by atoms with E-state index in [9.17, 15) is 13.2 Å². The molecule has 102 valence electrons. The number of rotatable bonds is 4. The molecular weight excluding hydrogens is 285 g/mol. The number of nitrogens with one attached hydrogen (secondary N) is 1. The second-order valence-corrected chi connectivity index (χ2v) is 3.97. The van der Waals surface area contributed by atoms with E-state index < -0.39 is 11.7 Å². The molecule has 9 heteroatoms. The molecule has 5 nitrogen and oxygen atoms in total. The largest absolute Gasteiger partial charge is 0.417 e. The van der Waals surface area contributed by atoms with E-state index in [0.29, 0.717) is 18.9 Å². The first-order chi connectivity index (χ1) is 8.97. The first-order valence-electron chi connectivity index (χ1n) is 5.19. The van der Waals surface area contributed by atoms with Gasteiger partial charge in [0.25, 0.3) is 0 Å². The highest BCUT2D eigenvalue weighted by molar-refractivity contribution is 6.32. The van der Waals surface area contributed by atoms with Crippen LogP contribution in [0.15, 0.2) is 23.1 Å². The molecule has 0 spiro atoms. The molecule has 2 aromatic rings.